The molecular weight excluding hydrogens is 402 g/mol. The Morgan fingerprint density at radius 2 is 1.06 bits per heavy atom. The Bertz CT molecular complexity index is 595. The third-order valence-electron chi connectivity index (χ3n) is 7.01. The fourth-order valence-electron chi connectivity index (χ4n) is 4.77. The summed E-state index contributed by atoms with van der Waals surface area (Å²) in [5, 5.41) is 3.15. The van der Waals surface area contributed by atoms with Crippen LogP contribution in [0.15, 0.2) is 18.2 Å². The molecule has 0 radical (unpaired) electrons. The third kappa shape index (κ3) is 16.0. The van der Waals surface area contributed by atoms with Crippen LogP contribution in [0.1, 0.15) is 153 Å². The van der Waals surface area contributed by atoms with Crippen LogP contribution in [-0.4, -0.2) is 5.91 Å². The zero-order valence-corrected chi connectivity index (χ0v) is 22.5. The number of anilines is 1. The highest BCUT2D eigenvalue weighted by Gasteiger charge is 2.08. The summed E-state index contributed by atoms with van der Waals surface area (Å²) in [5.74, 6) is 0.172. The molecule has 0 aliphatic rings. The van der Waals surface area contributed by atoms with Crippen molar-refractivity contribution < 1.29 is 4.79 Å². The number of aryl methyl sites for hydroxylation is 2. The summed E-state index contributed by atoms with van der Waals surface area (Å²) in [7, 11) is 0. The maximum absolute atomic E-state index is 12.3. The average molecular weight is 458 g/mol. The Labute approximate surface area is 206 Å². The molecule has 0 heterocycles. The van der Waals surface area contributed by atoms with Crippen LogP contribution in [0.2, 0.25) is 0 Å². The summed E-state index contributed by atoms with van der Waals surface area (Å²) in [6.45, 7) is 6.51. The first-order chi connectivity index (χ1) is 16.2. The van der Waals surface area contributed by atoms with Gasteiger partial charge in [0.2, 0.25) is 5.91 Å². The lowest BCUT2D eigenvalue weighted by Gasteiger charge is -2.12. The van der Waals surface area contributed by atoms with Crippen molar-refractivity contribution in [2.24, 2.45) is 0 Å². The van der Waals surface area contributed by atoms with E-state index in [0.717, 1.165) is 24.1 Å². The number of amides is 1. The first-order valence-corrected chi connectivity index (χ1v) is 14.6. The van der Waals surface area contributed by atoms with Gasteiger partial charge in [0, 0.05) is 12.1 Å². The molecule has 0 aromatic heterocycles. The zero-order chi connectivity index (χ0) is 24.0. The van der Waals surface area contributed by atoms with Crippen molar-refractivity contribution >= 4 is 11.6 Å². The van der Waals surface area contributed by atoms with Crippen LogP contribution in [0.3, 0.4) is 0 Å². The SMILES string of the molecule is CCCCCCCCCCCCCCCCCCCCCC(=O)Nc1c(C)cccc1CC. The molecule has 1 rings (SSSR count). The number of nitrogens with one attached hydrogen (secondary N) is 1. The molecule has 1 aromatic rings. The number of unbranched alkanes of at least 4 members (excludes halogenated alkanes) is 18. The van der Waals surface area contributed by atoms with E-state index >= 15 is 0 Å². The normalized spacial score (nSPS) is 11.1. The molecular formula is C31H55NO. The highest BCUT2D eigenvalue weighted by Crippen LogP contribution is 2.21. The molecule has 0 bridgehead atoms. The number of carbonyl (C=O) groups is 1. The lowest BCUT2D eigenvalue weighted by atomic mass is 10.0. The molecule has 0 spiro atoms. The molecule has 0 aliphatic heterocycles. The monoisotopic (exact) mass is 457 g/mol. The van der Waals surface area contributed by atoms with Crippen molar-refractivity contribution in [3.05, 3.63) is 29.3 Å². The summed E-state index contributed by atoms with van der Waals surface area (Å²) in [5.41, 5.74) is 3.43. The van der Waals surface area contributed by atoms with E-state index in [2.05, 4.69) is 44.3 Å². The van der Waals surface area contributed by atoms with E-state index in [1.165, 1.54) is 121 Å². The van der Waals surface area contributed by atoms with Gasteiger partial charge in [-0.3, -0.25) is 4.79 Å². The molecule has 1 aromatic carbocycles. The molecule has 0 aliphatic carbocycles. The number of hydrogen-bond donors (Lipinski definition) is 1. The molecule has 0 unspecified atom stereocenters. The van der Waals surface area contributed by atoms with Crippen molar-refractivity contribution in [2.45, 2.75) is 156 Å². The maximum atomic E-state index is 12.3. The Morgan fingerprint density at radius 3 is 1.48 bits per heavy atom. The van der Waals surface area contributed by atoms with Gasteiger partial charge in [-0.2, -0.15) is 0 Å². The molecule has 190 valence electrons. The average Bonchev–Trinajstić information content (AvgIpc) is 2.81. The van der Waals surface area contributed by atoms with E-state index < -0.39 is 0 Å². The van der Waals surface area contributed by atoms with Crippen LogP contribution in [0.5, 0.6) is 0 Å². The van der Waals surface area contributed by atoms with Crippen LogP contribution in [-0.2, 0) is 11.2 Å². The minimum absolute atomic E-state index is 0.172. The molecule has 0 atom stereocenters. The van der Waals surface area contributed by atoms with Crippen molar-refractivity contribution in [1.82, 2.24) is 0 Å². The quantitative estimate of drug-likeness (QED) is 0.172. The van der Waals surface area contributed by atoms with Gasteiger partial charge in [-0.1, -0.05) is 148 Å². The van der Waals surface area contributed by atoms with Gasteiger partial charge >= 0.3 is 0 Å². The number of carbonyl (C=O) groups excluding carboxylic acids is 1. The van der Waals surface area contributed by atoms with Gasteiger partial charge in [-0.25, -0.2) is 0 Å². The van der Waals surface area contributed by atoms with Gasteiger partial charge in [-0.15, -0.1) is 0 Å². The first kappa shape index (κ1) is 29.7. The molecule has 0 saturated carbocycles. The third-order valence-corrected chi connectivity index (χ3v) is 7.01. The standard InChI is InChI=1S/C31H55NO/c1-4-6-7-8-9-10-11-12-13-14-15-16-17-18-19-20-21-22-23-27-30(33)32-31-28(3)25-24-26-29(31)5-2/h24-26H,4-23,27H2,1-3H3,(H,32,33). The van der Waals surface area contributed by atoms with E-state index in [9.17, 15) is 4.79 Å². The second-order valence-corrected chi connectivity index (χ2v) is 10.1. The van der Waals surface area contributed by atoms with E-state index in [1.807, 2.05) is 0 Å². The number of rotatable bonds is 22. The molecule has 33 heavy (non-hydrogen) atoms. The number of benzene rings is 1. The highest BCUT2D eigenvalue weighted by atomic mass is 16.1. The van der Waals surface area contributed by atoms with E-state index in [-0.39, 0.29) is 5.91 Å². The molecule has 1 amide bonds. The molecule has 2 nitrogen and oxygen atoms in total. The topological polar surface area (TPSA) is 29.1 Å². The highest BCUT2D eigenvalue weighted by molar-refractivity contribution is 5.92. The van der Waals surface area contributed by atoms with Gasteiger partial charge < -0.3 is 5.32 Å². The van der Waals surface area contributed by atoms with Gasteiger partial charge in [0.1, 0.15) is 0 Å². The smallest absolute Gasteiger partial charge is 0.224 e. The molecule has 1 N–H and O–H groups in total. The molecule has 2 heteroatoms. The predicted octanol–water partition coefficient (Wildman–Crippen LogP) is 10.3. The van der Waals surface area contributed by atoms with Crippen LogP contribution in [0.25, 0.3) is 0 Å². The largest absolute Gasteiger partial charge is 0.326 e. The Hall–Kier alpha value is -1.31. The van der Waals surface area contributed by atoms with Crippen LogP contribution < -0.4 is 5.32 Å². The second kappa shape index (κ2) is 21.2. The van der Waals surface area contributed by atoms with Gasteiger partial charge in [0.15, 0.2) is 0 Å². The Kier molecular flexibility index (Phi) is 19.1. The summed E-state index contributed by atoms with van der Waals surface area (Å²) in [6, 6.07) is 6.26. The van der Waals surface area contributed by atoms with Crippen molar-refractivity contribution in [3.8, 4) is 0 Å². The molecule has 0 saturated heterocycles. The van der Waals surface area contributed by atoms with E-state index in [4.69, 9.17) is 0 Å². The predicted molar refractivity (Wildman–Crippen MR) is 147 cm³/mol. The van der Waals surface area contributed by atoms with Crippen LogP contribution in [0.4, 0.5) is 5.69 Å². The van der Waals surface area contributed by atoms with Gasteiger partial charge in [0.25, 0.3) is 0 Å². The summed E-state index contributed by atoms with van der Waals surface area (Å²) < 4.78 is 0. The van der Waals surface area contributed by atoms with E-state index in [0.29, 0.717) is 6.42 Å². The maximum Gasteiger partial charge on any atom is 0.224 e. The van der Waals surface area contributed by atoms with Crippen molar-refractivity contribution in [2.75, 3.05) is 5.32 Å². The lowest BCUT2D eigenvalue weighted by molar-refractivity contribution is -0.116. The van der Waals surface area contributed by atoms with Crippen molar-refractivity contribution in [1.29, 1.82) is 0 Å². The fourth-order valence-corrected chi connectivity index (χ4v) is 4.77. The Balaban J connectivity index is 1.84. The summed E-state index contributed by atoms with van der Waals surface area (Å²) >= 11 is 0. The number of hydrogen-bond acceptors (Lipinski definition) is 1. The Morgan fingerprint density at radius 1 is 0.636 bits per heavy atom. The lowest BCUT2D eigenvalue weighted by Crippen LogP contribution is -2.13. The summed E-state index contributed by atoms with van der Waals surface area (Å²) in [4.78, 5) is 12.3. The van der Waals surface area contributed by atoms with Gasteiger partial charge in [0.05, 0.1) is 0 Å². The summed E-state index contributed by atoms with van der Waals surface area (Å²) in [6.07, 6.45) is 27.8. The first-order valence-electron chi connectivity index (χ1n) is 14.6. The fraction of sp³-hybridized carbons (Fsp3) is 0.774. The number of para-hydroxylation sites is 1. The molecule has 0 fully saturated rings. The van der Waals surface area contributed by atoms with Crippen molar-refractivity contribution in [3.63, 3.8) is 0 Å². The minimum Gasteiger partial charge on any atom is -0.326 e. The van der Waals surface area contributed by atoms with Gasteiger partial charge in [-0.05, 0) is 30.9 Å². The van der Waals surface area contributed by atoms with Crippen LogP contribution in [0, 0.1) is 6.92 Å². The zero-order valence-electron chi connectivity index (χ0n) is 22.5. The van der Waals surface area contributed by atoms with E-state index in [1.54, 1.807) is 0 Å². The second-order valence-electron chi connectivity index (χ2n) is 10.1. The minimum atomic E-state index is 0.172. The van der Waals surface area contributed by atoms with Crippen LogP contribution >= 0.6 is 0 Å².